The van der Waals surface area contributed by atoms with Gasteiger partial charge in [-0.25, -0.2) is 0 Å². The maximum Gasteiger partial charge on any atom is 0.192 e. The number of thioether (sulfide) groups is 1. The van der Waals surface area contributed by atoms with Crippen LogP contribution in [0.15, 0.2) is 34.9 Å². The average Bonchev–Trinajstić information content (AvgIpc) is 3.18. The smallest absolute Gasteiger partial charge is 0.192 e. The number of rotatable bonds is 6. The van der Waals surface area contributed by atoms with Crippen LogP contribution in [0.3, 0.4) is 0 Å². The van der Waals surface area contributed by atoms with E-state index in [4.69, 9.17) is 4.43 Å². The standard InChI is InChI=1S/C33H52O3SSi/c1-10-23-13-15-27-26-14-12-24-20-25(37-19-11-17-31(5,35)22-34)21-29(36-38(8,9)30(2,3)4)33(24,7)28(26)16-18-32(23,27)6/h12-14,25,27-29,34-35H,10,15-16,18-22H2,1-9H3/t25?,27-,28-,29?,31?,32+,33-/m0/s1. The normalized spacial score (nSPS) is 36.4. The van der Waals surface area contributed by atoms with Crippen LogP contribution >= 0.6 is 11.8 Å². The Balaban J connectivity index is 1.65. The van der Waals surface area contributed by atoms with Gasteiger partial charge in [0.25, 0.3) is 0 Å². The summed E-state index contributed by atoms with van der Waals surface area (Å²) in [6.45, 7) is 20.5. The highest BCUT2D eigenvalue weighted by atomic mass is 32.2. The number of hydrogen-bond acceptors (Lipinski definition) is 4. The Morgan fingerprint density at radius 2 is 1.87 bits per heavy atom. The van der Waals surface area contributed by atoms with Crippen LogP contribution in [-0.4, -0.2) is 47.8 Å². The first-order valence-electron chi connectivity index (χ1n) is 14.8. The summed E-state index contributed by atoms with van der Waals surface area (Å²) in [7, 11) is -1.98. The van der Waals surface area contributed by atoms with Crippen molar-refractivity contribution in [2.24, 2.45) is 22.7 Å². The molecule has 4 aliphatic carbocycles. The van der Waals surface area contributed by atoms with Gasteiger partial charge in [0.2, 0.25) is 0 Å². The molecule has 0 spiro atoms. The van der Waals surface area contributed by atoms with E-state index in [9.17, 15) is 10.2 Å². The van der Waals surface area contributed by atoms with Crippen molar-refractivity contribution in [1.29, 1.82) is 0 Å². The summed E-state index contributed by atoms with van der Waals surface area (Å²) in [5.41, 5.74) is 3.98. The fraction of sp³-hybridized carbons (Fsp3) is 0.758. The molecular formula is C33H52O3SSi. The first kappa shape index (κ1) is 30.2. The van der Waals surface area contributed by atoms with Crippen molar-refractivity contribution in [3.05, 3.63) is 34.9 Å². The highest BCUT2D eigenvalue weighted by Gasteiger charge is 2.58. The third kappa shape index (κ3) is 5.30. The maximum atomic E-state index is 10.1. The summed E-state index contributed by atoms with van der Waals surface area (Å²) in [5.74, 6) is 7.80. The van der Waals surface area contributed by atoms with Crippen LogP contribution < -0.4 is 0 Å². The molecule has 0 aromatic rings. The maximum absolute atomic E-state index is 10.1. The minimum absolute atomic E-state index is 0.0409. The Hall–Kier alpha value is -0.773. The molecule has 0 radical (unpaired) electrons. The van der Waals surface area contributed by atoms with E-state index in [1.807, 2.05) is 11.8 Å². The van der Waals surface area contributed by atoms with Crippen molar-refractivity contribution < 1.29 is 14.6 Å². The van der Waals surface area contributed by atoms with Gasteiger partial charge in [-0.3, -0.25) is 0 Å². The first-order valence-corrected chi connectivity index (χ1v) is 18.8. The molecule has 38 heavy (non-hydrogen) atoms. The van der Waals surface area contributed by atoms with Gasteiger partial charge in [-0.15, -0.1) is 11.8 Å². The second kappa shape index (κ2) is 10.6. The predicted octanol–water partition coefficient (Wildman–Crippen LogP) is 7.66. The monoisotopic (exact) mass is 556 g/mol. The van der Waals surface area contributed by atoms with Crippen molar-refractivity contribution in [3.63, 3.8) is 0 Å². The lowest BCUT2D eigenvalue weighted by Gasteiger charge is -2.58. The molecule has 0 bridgehead atoms. The molecule has 2 fully saturated rings. The number of aliphatic hydroxyl groups is 2. The van der Waals surface area contributed by atoms with Crippen LogP contribution in [0.5, 0.6) is 0 Å². The molecule has 4 rings (SSSR count). The SMILES string of the molecule is CCC1=CC[C@H]2C3=CC=C4CC(SCC#CC(C)(O)CO)CC(O[Si](C)(C)C(C)(C)C)[C@]4(C)[C@H]3CC[C@]12C. The predicted molar refractivity (Wildman–Crippen MR) is 165 cm³/mol. The van der Waals surface area contributed by atoms with Crippen molar-refractivity contribution in [2.75, 3.05) is 12.4 Å². The molecule has 7 atom stereocenters. The van der Waals surface area contributed by atoms with Crippen molar-refractivity contribution in [1.82, 2.24) is 0 Å². The van der Waals surface area contributed by atoms with Gasteiger partial charge in [0.1, 0.15) is 5.60 Å². The van der Waals surface area contributed by atoms with Gasteiger partial charge in [-0.1, -0.05) is 88.3 Å². The minimum Gasteiger partial charge on any atom is -0.413 e. The van der Waals surface area contributed by atoms with Gasteiger partial charge in [0.05, 0.1) is 18.5 Å². The first-order chi connectivity index (χ1) is 17.6. The Labute approximate surface area is 238 Å². The number of hydrogen-bond donors (Lipinski definition) is 2. The Morgan fingerprint density at radius 3 is 2.50 bits per heavy atom. The molecule has 3 unspecified atom stereocenters. The van der Waals surface area contributed by atoms with Gasteiger partial charge >= 0.3 is 0 Å². The van der Waals surface area contributed by atoms with Gasteiger partial charge in [-0.2, -0.15) is 0 Å². The van der Waals surface area contributed by atoms with Gasteiger partial charge in [0.15, 0.2) is 8.32 Å². The molecule has 212 valence electrons. The third-order valence-electron chi connectivity index (χ3n) is 11.0. The highest BCUT2D eigenvalue weighted by Crippen LogP contribution is 2.65. The second-order valence-corrected chi connectivity index (χ2v) is 20.5. The Kier molecular flexibility index (Phi) is 8.40. The summed E-state index contributed by atoms with van der Waals surface area (Å²) >= 11 is 1.89. The summed E-state index contributed by atoms with van der Waals surface area (Å²) in [6, 6.07) is 0. The molecular weight excluding hydrogens is 505 g/mol. The zero-order chi connectivity index (χ0) is 28.1. The zero-order valence-corrected chi connectivity index (χ0v) is 27.2. The van der Waals surface area contributed by atoms with Crippen LogP contribution in [0.4, 0.5) is 0 Å². The molecule has 4 aliphatic rings. The summed E-state index contributed by atoms with van der Waals surface area (Å²) in [6.07, 6.45) is 14.8. The molecule has 0 aromatic carbocycles. The van der Waals surface area contributed by atoms with E-state index in [0.29, 0.717) is 28.3 Å². The van der Waals surface area contributed by atoms with Gasteiger partial charge in [0, 0.05) is 10.7 Å². The van der Waals surface area contributed by atoms with E-state index in [0.717, 1.165) is 12.8 Å². The largest absolute Gasteiger partial charge is 0.413 e. The van der Waals surface area contributed by atoms with Crippen LogP contribution in [0.25, 0.3) is 0 Å². The van der Waals surface area contributed by atoms with Crippen LogP contribution in [0.2, 0.25) is 18.1 Å². The lowest BCUT2D eigenvalue weighted by atomic mass is 9.50. The fourth-order valence-corrected chi connectivity index (χ4v) is 9.89. The van der Waals surface area contributed by atoms with Gasteiger partial charge in [-0.05, 0) is 80.8 Å². The third-order valence-corrected chi connectivity index (χ3v) is 16.7. The summed E-state index contributed by atoms with van der Waals surface area (Å²) < 4.78 is 7.39. The van der Waals surface area contributed by atoms with E-state index in [2.05, 4.69) is 84.7 Å². The molecule has 0 saturated heterocycles. The number of fused-ring (bicyclic) bond motifs is 5. The molecule has 5 heteroatoms. The van der Waals surface area contributed by atoms with E-state index in [1.54, 1.807) is 23.6 Å². The average molecular weight is 557 g/mol. The minimum atomic E-state index is -1.98. The molecule has 0 amide bonds. The van der Waals surface area contributed by atoms with Crippen molar-refractivity contribution in [3.8, 4) is 11.8 Å². The summed E-state index contributed by atoms with van der Waals surface area (Å²) in [4.78, 5) is 0. The molecule has 0 aliphatic heterocycles. The van der Waals surface area contributed by atoms with Crippen LogP contribution in [0.1, 0.15) is 87.0 Å². The molecule has 2 N–H and O–H groups in total. The quantitative estimate of drug-likeness (QED) is 0.200. The van der Waals surface area contributed by atoms with E-state index < -0.39 is 13.9 Å². The zero-order valence-electron chi connectivity index (χ0n) is 25.4. The van der Waals surface area contributed by atoms with Crippen LogP contribution in [-0.2, 0) is 4.43 Å². The van der Waals surface area contributed by atoms with Crippen molar-refractivity contribution in [2.45, 2.75) is 122 Å². The Morgan fingerprint density at radius 1 is 1.16 bits per heavy atom. The highest BCUT2D eigenvalue weighted by molar-refractivity contribution is 8.00. The molecule has 2 saturated carbocycles. The molecule has 0 heterocycles. The van der Waals surface area contributed by atoms with E-state index in [1.165, 1.54) is 25.7 Å². The Bertz CT molecular complexity index is 1070. The van der Waals surface area contributed by atoms with Gasteiger partial charge < -0.3 is 14.6 Å². The number of aliphatic hydroxyl groups excluding tert-OH is 1. The number of allylic oxidation sites excluding steroid dienone is 5. The topological polar surface area (TPSA) is 49.7 Å². The molecule has 0 aromatic heterocycles. The lowest BCUT2D eigenvalue weighted by Crippen LogP contribution is -2.56. The molecule has 3 nitrogen and oxygen atoms in total. The van der Waals surface area contributed by atoms with Crippen LogP contribution in [0, 0.1) is 34.5 Å². The lowest BCUT2D eigenvalue weighted by molar-refractivity contribution is -0.00443. The fourth-order valence-electron chi connectivity index (χ4n) is 7.48. The van der Waals surface area contributed by atoms with E-state index in [-0.39, 0.29) is 23.2 Å². The summed E-state index contributed by atoms with van der Waals surface area (Å²) in [5, 5.41) is 20.0. The van der Waals surface area contributed by atoms with Crippen molar-refractivity contribution >= 4 is 20.1 Å². The second-order valence-electron chi connectivity index (χ2n) is 14.5. The van der Waals surface area contributed by atoms with E-state index >= 15 is 0 Å².